The molecule has 5 atom stereocenters. The zero-order valence-corrected chi connectivity index (χ0v) is 34.6. The van der Waals surface area contributed by atoms with Crippen molar-refractivity contribution in [2.45, 2.75) is 77.8 Å². The lowest BCUT2D eigenvalue weighted by Crippen LogP contribution is -2.46. The number of hydrogen-bond donors (Lipinski definition) is 4. The Hall–Kier alpha value is -5.65. The number of nitrogens with two attached hydrogens (primary N) is 1. The first-order valence-corrected chi connectivity index (χ1v) is 20.3. The molecule has 59 heavy (non-hydrogen) atoms. The van der Waals surface area contributed by atoms with Gasteiger partial charge in [0.1, 0.15) is 23.3 Å². The minimum atomic E-state index is -1.26. The van der Waals surface area contributed by atoms with E-state index in [0.717, 1.165) is 11.1 Å². The molecule has 12 heteroatoms. The van der Waals surface area contributed by atoms with Gasteiger partial charge in [-0.3, -0.25) is 28.8 Å². The maximum absolute atomic E-state index is 14.6. The van der Waals surface area contributed by atoms with Crippen LogP contribution >= 0.6 is 11.6 Å². The highest BCUT2D eigenvalue weighted by Gasteiger charge is 2.36. The Balaban J connectivity index is 1.50. The second kappa shape index (κ2) is 19.9. The first kappa shape index (κ1) is 44.5. The van der Waals surface area contributed by atoms with Gasteiger partial charge in [0.15, 0.2) is 17.3 Å². The first-order valence-electron chi connectivity index (χ1n) is 19.9. The van der Waals surface area contributed by atoms with Crippen LogP contribution in [0.1, 0.15) is 86.8 Å². The maximum atomic E-state index is 14.6. The second-order valence-electron chi connectivity index (χ2n) is 15.7. The van der Waals surface area contributed by atoms with Crippen molar-refractivity contribution in [1.82, 2.24) is 10.2 Å². The van der Waals surface area contributed by atoms with Crippen LogP contribution in [0.2, 0.25) is 5.02 Å². The molecule has 0 fully saturated rings. The van der Waals surface area contributed by atoms with E-state index in [4.69, 9.17) is 17.3 Å². The van der Waals surface area contributed by atoms with Crippen LogP contribution in [0.5, 0.6) is 11.5 Å². The van der Waals surface area contributed by atoms with Gasteiger partial charge in [0, 0.05) is 65.8 Å². The van der Waals surface area contributed by atoms with E-state index < -0.39 is 47.4 Å². The molecule has 0 aromatic heterocycles. The Bertz CT molecular complexity index is 2200. The number of benzene rings is 4. The number of rotatable bonds is 14. The highest BCUT2D eigenvalue weighted by Crippen LogP contribution is 2.40. The van der Waals surface area contributed by atoms with Gasteiger partial charge in [-0.05, 0) is 91.4 Å². The molecule has 0 aliphatic carbocycles. The lowest BCUT2D eigenvalue weighted by Gasteiger charge is -2.32. The van der Waals surface area contributed by atoms with Crippen molar-refractivity contribution in [2.24, 2.45) is 23.5 Å². The second-order valence-corrected chi connectivity index (χ2v) is 16.1. The molecule has 310 valence electrons. The number of fused-ring (bicyclic) bond motifs is 5. The van der Waals surface area contributed by atoms with Gasteiger partial charge in [-0.1, -0.05) is 80.4 Å². The zero-order chi connectivity index (χ0) is 43.0. The third-order valence-corrected chi connectivity index (χ3v) is 11.5. The van der Waals surface area contributed by atoms with E-state index in [1.54, 1.807) is 50.2 Å². The number of likely N-dealkylation sites (N-methyl/N-ethyl adjacent to an activating group) is 1. The van der Waals surface area contributed by atoms with E-state index in [1.165, 1.54) is 43.1 Å². The van der Waals surface area contributed by atoms with Gasteiger partial charge in [-0.2, -0.15) is 0 Å². The normalized spacial score (nSPS) is 17.9. The summed E-state index contributed by atoms with van der Waals surface area (Å²) in [4.78, 5) is 83.4. The van der Waals surface area contributed by atoms with Crippen LogP contribution in [0.15, 0.2) is 84.9 Å². The van der Waals surface area contributed by atoms with Crippen molar-refractivity contribution in [1.29, 1.82) is 0 Å². The molecule has 4 aromatic carbocycles. The number of phenolic OH excluding ortho intramolecular Hbond substituents is 2. The highest BCUT2D eigenvalue weighted by molar-refractivity contribution is 6.30. The third-order valence-electron chi connectivity index (χ3n) is 11.2. The Morgan fingerprint density at radius 1 is 0.847 bits per heavy atom. The van der Waals surface area contributed by atoms with Gasteiger partial charge >= 0.3 is 0 Å². The van der Waals surface area contributed by atoms with Crippen molar-refractivity contribution in [3.63, 3.8) is 0 Å². The Morgan fingerprint density at radius 3 is 2.08 bits per heavy atom. The summed E-state index contributed by atoms with van der Waals surface area (Å²) in [5.41, 5.74) is 9.31. The predicted octanol–water partition coefficient (Wildman–Crippen LogP) is 7.42. The zero-order valence-electron chi connectivity index (χ0n) is 33.9. The largest absolute Gasteiger partial charge is 0.507 e. The Kier molecular flexibility index (Phi) is 15.0. The fraction of sp³-hybridized carbons (Fsp3) is 0.362. The molecule has 4 aromatic rings. The van der Waals surface area contributed by atoms with Crippen LogP contribution in [0, 0.1) is 17.8 Å². The van der Waals surface area contributed by atoms with Crippen molar-refractivity contribution in [2.75, 3.05) is 13.6 Å². The average molecular weight is 822 g/mol. The van der Waals surface area contributed by atoms with Gasteiger partial charge in [0.25, 0.3) is 0 Å². The van der Waals surface area contributed by atoms with E-state index in [1.807, 2.05) is 24.3 Å². The number of unbranched alkanes of at least 4 members (excludes halogenated alkanes) is 1. The lowest BCUT2D eigenvalue weighted by molar-refractivity contribution is -0.142. The topological polar surface area (TPSA) is 184 Å². The van der Waals surface area contributed by atoms with Crippen molar-refractivity contribution >= 4 is 46.5 Å². The predicted molar refractivity (Wildman–Crippen MR) is 227 cm³/mol. The lowest BCUT2D eigenvalue weighted by atomic mass is 9.87. The number of hydrogen-bond acceptors (Lipinski definition) is 9. The van der Waals surface area contributed by atoms with Gasteiger partial charge in [-0.15, -0.1) is 0 Å². The van der Waals surface area contributed by atoms with Crippen LogP contribution in [0.3, 0.4) is 0 Å². The number of aromatic hydroxyl groups is 2. The molecule has 2 amide bonds. The summed E-state index contributed by atoms with van der Waals surface area (Å²) in [5, 5.41) is 25.6. The van der Waals surface area contributed by atoms with E-state index in [2.05, 4.69) is 5.32 Å². The fourth-order valence-electron chi connectivity index (χ4n) is 7.48. The summed E-state index contributed by atoms with van der Waals surface area (Å²) >= 11 is 6.05. The van der Waals surface area contributed by atoms with Crippen molar-refractivity contribution in [3.8, 4) is 33.8 Å². The fourth-order valence-corrected chi connectivity index (χ4v) is 7.60. The van der Waals surface area contributed by atoms with Gasteiger partial charge < -0.3 is 26.2 Å². The smallest absolute Gasteiger partial charge is 0.226 e. The third kappa shape index (κ3) is 11.1. The van der Waals surface area contributed by atoms with Gasteiger partial charge in [-0.25, -0.2) is 0 Å². The molecule has 0 radical (unpaired) electrons. The molecule has 0 spiro atoms. The minimum absolute atomic E-state index is 0.0280. The van der Waals surface area contributed by atoms with Crippen LogP contribution in [0.4, 0.5) is 0 Å². The van der Waals surface area contributed by atoms with E-state index in [9.17, 15) is 39.0 Å². The number of halogens is 1. The summed E-state index contributed by atoms with van der Waals surface area (Å²) in [6.07, 6.45) is 0.972. The average Bonchev–Trinajstić information content (AvgIpc) is 3.21. The monoisotopic (exact) mass is 821 g/mol. The molecule has 1 heterocycles. The molecular formula is C47H52ClN3O8. The molecule has 5 N–H and O–H groups in total. The highest BCUT2D eigenvalue weighted by atomic mass is 35.5. The maximum Gasteiger partial charge on any atom is 0.226 e. The summed E-state index contributed by atoms with van der Waals surface area (Å²) < 4.78 is 0. The van der Waals surface area contributed by atoms with Crippen LogP contribution < -0.4 is 11.1 Å². The summed E-state index contributed by atoms with van der Waals surface area (Å²) in [7, 11) is 1.48. The number of amides is 2. The molecule has 1 aliphatic rings. The minimum Gasteiger partial charge on any atom is -0.507 e. The first-order chi connectivity index (χ1) is 28.1. The standard InChI is InChI=1S/C47H52ClN3O8/c1-27(29(3)52)21-43(56)39-24-30-8-18-40(53)37(23-30)38-25-34(15-19-41(38)54)45(44(57)22-28(2)46(58)50-39)51(4)47(59)35(7-5-6-20-49)26-42(55)33-11-9-31(10-12-33)32-13-16-36(48)17-14-32/h8-19,23,25,27-28,35,39,45,53-54H,5-7,20-22,24,26,49H2,1-4H3,(H,50,58)/t27-,28-,35-,39+,45+/m1/s1. The molecule has 0 saturated carbocycles. The number of ketones is 4. The molecule has 5 rings (SSSR count). The quantitative estimate of drug-likeness (QED) is 0.0743. The number of nitrogens with zero attached hydrogens (tertiary/aromatic N) is 1. The van der Waals surface area contributed by atoms with Gasteiger partial charge in [0.05, 0.1) is 6.04 Å². The molecule has 1 aliphatic heterocycles. The van der Waals surface area contributed by atoms with Gasteiger partial charge in [0.2, 0.25) is 11.8 Å². The summed E-state index contributed by atoms with van der Waals surface area (Å²) in [6, 6.07) is 21.2. The molecule has 4 bridgehead atoms. The number of Topliss-reactive ketones (excluding diaryl/α,β-unsaturated/α-hetero) is 4. The summed E-state index contributed by atoms with van der Waals surface area (Å²) in [6.45, 7) is 4.98. The number of carbonyl (C=O) groups excluding carboxylic acids is 6. The molecular weight excluding hydrogens is 770 g/mol. The van der Waals surface area contributed by atoms with E-state index in [0.29, 0.717) is 47.5 Å². The molecule has 11 nitrogen and oxygen atoms in total. The Labute approximate surface area is 350 Å². The Morgan fingerprint density at radius 2 is 1.46 bits per heavy atom. The van der Waals surface area contributed by atoms with Crippen molar-refractivity contribution in [3.05, 3.63) is 107 Å². The van der Waals surface area contributed by atoms with E-state index in [-0.39, 0.29) is 65.7 Å². The molecule has 0 unspecified atom stereocenters. The number of carbonyl (C=O) groups is 6. The summed E-state index contributed by atoms with van der Waals surface area (Å²) in [5.74, 6) is -5.04. The van der Waals surface area contributed by atoms with Crippen LogP contribution in [-0.2, 0) is 30.4 Å². The SMILES string of the molecule is CC(=O)[C@H](C)CC(=O)[C@@H]1Cc2ccc(O)c(c2)-c2cc(ccc2O)[C@H](N(C)C(=O)[C@H](CCCCN)CC(=O)c2ccc(-c3ccc(Cl)cc3)cc2)C(=O)C[C@@H](C)C(=O)N1. The molecule has 0 saturated heterocycles. The van der Waals surface area contributed by atoms with Crippen LogP contribution in [-0.4, -0.2) is 69.7 Å². The number of nitrogens with one attached hydrogen (secondary N) is 1. The van der Waals surface area contributed by atoms with Crippen LogP contribution in [0.25, 0.3) is 22.3 Å². The van der Waals surface area contributed by atoms with Crippen molar-refractivity contribution < 1.29 is 39.0 Å². The number of phenols is 2. The van der Waals surface area contributed by atoms with E-state index >= 15 is 0 Å².